The molecule has 1 heterocycles. The van der Waals surface area contributed by atoms with Crippen LogP contribution in [0.2, 0.25) is 0 Å². The van der Waals surface area contributed by atoms with Crippen LogP contribution in [-0.2, 0) is 17.9 Å². The van der Waals surface area contributed by atoms with Gasteiger partial charge in [0.15, 0.2) is 0 Å². The highest BCUT2D eigenvalue weighted by atomic mass is 32.1. The van der Waals surface area contributed by atoms with Gasteiger partial charge in [-0.25, -0.2) is 4.98 Å². The van der Waals surface area contributed by atoms with E-state index in [9.17, 15) is 4.79 Å². The van der Waals surface area contributed by atoms with Gasteiger partial charge in [-0.2, -0.15) is 0 Å². The maximum atomic E-state index is 11.6. The average Bonchev–Trinajstić information content (AvgIpc) is 3.00. The van der Waals surface area contributed by atoms with Crippen LogP contribution in [0.3, 0.4) is 0 Å². The molecule has 0 aliphatic carbocycles. The molecular weight excluding hydrogens is 320 g/mol. The summed E-state index contributed by atoms with van der Waals surface area (Å²) in [6.07, 6.45) is 1.72. The molecule has 0 aliphatic heterocycles. The third kappa shape index (κ3) is 4.93. The Kier molecular flexibility index (Phi) is 6.55. The zero-order valence-corrected chi connectivity index (χ0v) is 15.3. The number of hydrogen-bond donors (Lipinski definition) is 0. The molecule has 2 rings (SSSR count). The predicted molar refractivity (Wildman–Crippen MR) is 98.3 cm³/mol. The van der Waals surface area contributed by atoms with Gasteiger partial charge < -0.3 is 9.64 Å². The molecule has 0 saturated carbocycles. The van der Waals surface area contributed by atoms with Crippen LogP contribution in [0.15, 0.2) is 42.3 Å². The Morgan fingerprint density at radius 1 is 1.42 bits per heavy atom. The van der Waals surface area contributed by atoms with Gasteiger partial charge >= 0.3 is 0 Å². The molecule has 128 valence electrons. The highest BCUT2D eigenvalue weighted by Crippen LogP contribution is 2.27. The van der Waals surface area contributed by atoms with E-state index in [0.717, 1.165) is 16.5 Å². The molecule has 4 nitrogen and oxygen atoms in total. The van der Waals surface area contributed by atoms with Crippen LogP contribution in [0, 0.1) is 0 Å². The maximum absolute atomic E-state index is 11.6. The van der Waals surface area contributed by atoms with E-state index in [4.69, 9.17) is 4.74 Å². The summed E-state index contributed by atoms with van der Waals surface area (Å²) in [6, 6.07) is 8.09. The van der Waals surface area contributed by atoms with E-state index in [-0.39, 0.29) is 5.91 Å². The molecule has 5 heteroatoms. The Bertz CT molecular complexity index is 694. The number of nitrogens with zero attached hydrogens (tertiary/aromatic N) is 2. The van der Waals surface area contributed by atoms with Crippen molar-refractivity contribution >= 4 is 17.2 Å². The summed E-state index contributed by atoms with van der Waals surface area (Å²) in [5.41, 5.74) is 2.08. The van der Waals surface area contributed by atoms with Crippen molar-refractivity contribution in [1.29, 1.82) is 0 Å². The molecule has 1 aromatic heterocycles. The molecule has 1 amide bonds. The first-order chi connectivity index (χ1) is 11.5. The lowest BCUT2D eigenvalue weighted by atomic mass is 10.0. The topological polar surface area (TPSA) is 42.4 Å². The van der Waals surface area contributed by atoms with Crippen LogP contribution in [0.4, 0.5) is 0 Å². The third-order valence-electron chi connectivity index (χ3n) is 3.64. The van der Waals surface area contributed by atoms with Gasteiger partial charge in [-0.3, -0.25) is 4.79 Å². The SMILES string of the molecule is C=CCN(Cc1csc(COc2ccccc2C(C)C)n1)C(C)=O. The van der Waals surface area contributed by atoms with Gasteiger partial charge in [0.05, 0.1) is 12.2 Å². The first-order valence-electron chi connectivity index (χ1n) is 8.02. The number of thiazole rings is 1. The van der Waals surface area contributed by atoms with Crippen LogP contribution in [0.25, 0.3) is 0 Å². The van der Waals surface area contributed by atoms with Crippen molar-refractivity contribution in [3.05, 3.63) is 58.6 Å². The zero-order valence-electron chi connectivity index (χ0n) is 14.5. The molecule has 0 spiro atoms. The Hall–Kier alpha value is -2.14. The lowest BCUT2D eigenvalue weighted by Gasteiger charge is -2.17. The van der Waals surface area contributed by atoms with E-state index in [1.807, 2.05) is 23.6 Å². The van der Waals surface area contributed by atoms with Gasteiger partial charge in [-0.05, 0) is 17.5 Å². The van der Waals surface area contributed by atoms with E-state index >= 15 is 0 Å². The average molecular weight is 344 g/mol. The first-order valence-corrected chi connectivity index (χ1v) is 8.90. The molecule has 0 fully saturated rings. The summed E-state index contributed by atoms with van der Waals surface area (Å²) in [6.45, 7) is 11.0. The van der Waals surface area contributed by atoms with Crippen molar-refractivity contribution in [3.63, 3.8) is 0 Å². The van der Waals surface area contributed by atoms with Crippen molar-refractivity contribution in [2.45, 2.75) is 39.8 Å². The molecule has 0 bridgehead atoms. The number of ether oxygens (including phenoxy) is 1. The lowest BCUT2D eigenvalue weighted by Crippen LogP contribution is -2.28. The summed E-state index contributed by atoms with van der Waals surface area (Å²) >= 11 is 1.55. The number of carbonyl (C=O) groups is 1. The Morgan fingerprint density at radius 3 is 2.83 bits per heavy atom. The summed E-state index contributed by atoms with van der Waals surface area (Å²) in [4.78, 5) is 17.9. The number of carbonyl (C=O) groups excluding carboxylic acids is 1. The summed E-state index contributed by atoms with van der Waals surface area (Å²) in [7, 11) is 0. The molecular formula is C19H24N2O2S. The molecule has 0 unspecified atom stereocenters. The second-order valence-electron chi connectivity index (χ2n) is 5.90. The van der Waals surface area contributed by atoms with E-state index < -0.39 is 0 Å². The van der Waals surface area contributed by atoms with Crippen LogP contribution in [0.5, 0.6) is 5.75 Å². The summed E-state index contributed by atoms with van der Waals surface area (Å²) in [5, 5.41) is 2.89. The minimum atomic E-state index is 0.0200. The van der Waals surface area contributed by atoms with Crippen molar-refractivity contribution in [2.75, 3.05) is 6.54 Å². The normalized spacial score (nSPS) is 10.7. The third-order valence-corrected chi connectivity index (χ3v) is 4.51. The monoisotopic (exact) mass is 344 g/mol. The molecule has 24 heavy (non-hydrogen) atoms. The molecule has 0 radical (unpaired) electrons. The number of aromatic nitrogens is 1. The molecule has 0 N–H and O–H groups in total. The van der Waals surface area contributed by atoms with Crippen LogP contribution in [-0.4, -0.2) is 22.3 Å². The van der Waals surface area contributed by atoms with Crippen LogP contribution in [0.1, 0.15) is 43.0 Å². The Morgan fingerprint density at radius 2 is 2.17 bits per heavy atom. The molecule has 2 aromatic rings. The van der Waals surface area contributed by atoms with Crippen molar-refractivity contribution in [3.8, 4) is 5.75 Å². The minimum absolute atomic E-state index is 0.0200. The standard InChI is InChI=1S/C19H24N2O2S/c1-5-10-21(15(4)22)11-16-13-24-19(20-16)12-23-18-9-7-6-8-17(18)14(2)3/h5-9,13-14H,1,10-12H2,2-4H3. The van der Waals surface area contributed by atoms with E-state index in [1.165, 1.54) is 5.56 Å². The minimum Gasteiger partial charge on any atom is -0.486 e. The summed E-state index contributed by atoms with van der Waals surface area (Å²) in [5.74, 6) is 1.34. The predicted octanol–water partition coefficient (Wildman–Crippen LogP) is 4.38. The Balaban J connectivity index is 1.99. The molecule has 0 atom stereocenters. The fourth-order valence-electron chi connectivity index (χ4n) is 2.37. The van der Waals surface area contributed by atoms with Gasteiger partial charge in [-0.15, -0.1) is 17.9 Å². The number of hydrogen-bond acceptors (Lipinski definition) is 4. The molecule has 0 aliphatic rings. The number of para-hydroxylation sites is 1. The first kappa shape index (κ1) is 18.2. The quantitative estimate of drug-likeness (QED) is 0.667. The highest BCUT2D eigenvalue weighted by Gasteiger charge is 2.12. The number of amides is 1. The fourth-order valence-corrected chi connectivity index (χ4v) is 3.07. The summed E-state index contributed by atoms with van der Waals surface area (Å²) < 4.78 is 5.95. The van der Waals surface area contributed by atoms with Crippen LogP contribution < -0.4 is 4.74 Å². The van der Waals surface area contributed by atoms with E-state index in [2.05, 4.69) is 31.5 Å². The van der Waals surface area contributed by atoms with Gasteiger partial charge in [0.1, 0.15) is 17.4 Å². The highest BCUT2D eigenvalue weighted by molar-refractivity contribution is 7.09. The van der Waals surface area contributed by atoms with Gasteiger partial charge in [0.2, 0.25) is 5.91 Å². The van der Waals surface area contributed by atoms with E-state index in [0.29, 0.717) is 25.6 Å². The van der Waals surface area contributed by atoms with Crippen LogP contribution >= 0.6 is 11.3 Å². The van der Waals surface area contributed by atoms with Crippen molar-refractivity contribution in [1.82, 2.24) is 9.88 Å². The largest absolute Gasteiger partial charge is 0.486 e. The second-order valence-corrected chi connectivity index (χ2v) is 6.84. The molecule has 1 aromatic carbocycles. The van der Waals surface area contributed by atoms with Gasteiger partial charge in [-0.1, -0.05) is 38.1 Å². The van der Waals surface area contributed by atoms with Crippen molar-refractivity contribution < 1.29 is 9.53 Å². The van der Waals surface area contributed by atoms with Gasteiger partial charge in [0.25, 0.3) is 0 Å². The second kappa shape index (κ2) is 8.64. The maximum Gasteiger partial charge on any atom is 0.220 e. The number of benzene rings is 1. The van der Waals surface area contributed by atoms with Crippen molar-refractivity contribution in [2.24, 2.45) is 0 Å². The number of rotatable bonds is 8. The van der Waals surface area contributed by atoms with Gasteiger partial charge in [0, 0.05) is 18.8 Å². The fraction of sp³-hybridized carbons (Fsp3) is 0.368. The lowest BCUT2D eigenvalue weighted by molar-refractivity contribution is -0.128. The smallest absolute Gasteiger partial charge is 0.220 e. The zero-order chi connectivity index (χ0) is 17.5. The molecule has 0 saturated heterocycles. The Labute approximate surface area is 147 Å². The van der Waals surface area contributed by atoms with E-state index in [1.54, 1.807) is 29.2 Å².